The van der Waals surface area contributed by atoms with E-state index < -0.39 is 6.16 Å². The monoisotopic (exact) mass is 415 g/mol. The minimum absolute atomic E-state index is 0.191. The Labute approximate surface area is 171 Å². The first-order chi connectivity index (χ1) is 14.2. The van der Waals surface area contributed by atoms with E-state index in [0.717, 1.165) is 48.6 Å². The fourth-order valence-electron chi connectivity index (χ4n) is 3.18. The van der Waals surface area contributed by atoms with Crippen molar-refractivity contribution in [3.63, 3.8) is 0 Å². The Hall–Kier alpha value is -2.91. The first-order valence-corrected chi connectivity index (χ1v) is 10.2. The molecule has 0 amide bonds. The zero-order chi connectivity index (χ0) is 20.1. The molecule has 1 saturated heterocycles. The van der Waals surface area contributed by atoms with Gasteiger partial charge in [-0.05, 0) is 49.2 Å². The molecule has 29 heavy (non-hydrogen) atoms. The average Bonchev–Trinajstić information content (AvgIpc) is 3.12. The number of benzene rings is 1. The maximum Gasteiger partial charge on any atom is 0.506 e. The van der Waals surface area contributed by atoms with Crippen LogP contribution >= 0.6 is 11.3 Å². The molecule has 0 radical (unpaired) electrons. The van der Waals surface area contributed by atoms with Crippen molar-refractivity contribution in [3.05, 3.63) is 42.6 Å². The molecule has 1 N–H and O–H groups in total. The number of fused-ring (bicyclic) bond motifs is 1. The van der Waals surface area contributed by atoms with Crippen LogP contribution in [0.15, 0.2) is 42.6 Å². The van der Waals surface area contributed by atoms with E-state index in [1.54, 1.807) is 6.20 Å². The van der Waals surface area contributed by atoms with Gasteiger partial charge in [0.15, 0.2) is 0 Å². The van der Waals surface area contributed by atoms with E-state index in [4.69, 9.17) is 19.3 Å². The van der Waals surface area contributed by atoms with Gasteiger partial charge in [0.1, 0.15) is 34.6 Å². The number of thiazole rings is 1. The summed E-state index contributed by atoms with van der Waals surface area (Å²) in [6.07, 6.45) is 1.80. The van der Waals surface area contributed by atoms with Crippen LogP contribution < -0.4 is 9.47 Å². The molecular weight excluding hydrogens is 394 g/mol. The molecule has 4 rings (SSSR count). The molecule has 1 aliphatic heterocycles. The smallest absolute Gasteiger partial charge is 0.492 e. The molecule has 9 heteroatoms. The van der Waals surface area contributed by atoms with Gasteiger partial charge in [-0.3, -0.25) is 4.90 Å². The standard InChI is InChI=1S/C20H21N3O5S/c24-20(25)28-16-7-10-23(11-8-16)12-13-26-14-3-5-15(6-4-14)27-19-22-17-2-1-9-21-18(17)29-19/h1-6,9,16H,7-8,10-13H2,(H,24,25). The zero-order valence-electron chi connectivity index (χ0n) is 15.7. The van der Waals surface area contributed by atoms with Crippen molar-refractivity contribution < 1.29 is 24.1 Å². The summed E-state index contributed by atoms with van der Waals surface area (Å²) in [4.78, 5) is 22.3. The summed E-state index contributed by atoms with van der Waals surface area (Å²) in [5, 5.41) is 9.22. The van der Waals surface area contributed by atoms with Crippen molar-refractivity contribution in [3.8, 4) is 16.7 Å². The number of carbonyl (C=O) groups is 1. The number of hydrogen-bond donors (Lipinski definition) is 1. The highest BCUT2D eigenvalue weighted by Gasteiger charge is 2.21. The number of likely N-dealkylation sites (tertiary alicyclic amines) is 1. The molecule has 0 atom stereocenters. The van der Waals surface area contributed by atoms with Crippen LogP contribution in [0.1, 0.15) is 12.8 Å². The molecule has 2 aromatic heterocycles. The van der Waals surface area contributed by atoms with E-state index in [1.165, 1.54) is 11.3 Å². The second-order valence-electron chi connectivity index (χ2n) is 6.65. The molecule has 1 aliphatic rings. The van der Waals surface area contributed by atoms with Crippen molar-refractivity contribution in [2.24, 2.45) is 0 Å². The molecule has 0 bridgehead atoms. The highest BCUT2D eigenvalue weighted by Crippen LogP contribution is 2.30. The molecule has 0 spiro atoms. The third-order valence-electron chi connectivity index (χ3n) is 4.65. The number of hydrogen-bond acceptors (Lipinski definition) is 8. The maximum atomic E-state index is 10.6. The third kappa shape index (κ3) is 5.33. The number of pyridine rings is 1. The number of carboxylic acid groups (broad SMARTS) is 1. The van der Waals surface area contributed by atoms with Crippen molar-refractivity contribution in [1.82, 2.24) is 14.9 Å². The van der Waals surface area contributed by atoms with Crippen LogP contribution in [-0.4, -0.2) is 58.5 Å². The van der Waals surface area contributed by atoms with Crippen molar-refractivity contribution >= 4 is 27.8 Å². The molecule has 8 nitrogen and oxygen atoms in total. The maximum absolute atomic E-state index is 10.6. The average molecular weight is 415 g/mol. The van der Waals surface area contributed by atoms with Gasteiger partial charge < -0.3 is 19.3 Å². The van der Waals surface area contributed by atoms with Crippen LogP contribution in [0.2, 0.25) is 0 Å². The van der Waals surface area contributed by atoms with Crippen LogP contribution in [-0.2, 0) is 4.74 Å². The van der Waals surface area contributed by atoms with Gasteiger partial charge in [-0.25, -0.2) is 14.8 Å². The molecule has 0 aliphatic carbocycles. The second kappa shape index (κ2) is 9.06. The minimum Gasteiger partial charge on any atom is -0.492 e. The van der Waals surface area contributed by atoms with Crippen LogP contribution in [0, 0.1) is 0 Å². The fourth-order valence-corrected chi connectivity index (χ4v) is 3.96. The highest BCUT2D eigenvalue weighted by atomic mass is 32.1. The van der Waals surface area contributed by atoms with Gasteiger partial charge in [0.2, 0.25) is 0 Å². The second-order valence-corrected chi connectivity index (χ2v) is 7.59. The Balaban J connectivity index is 1.21. The lowest BCUT2D eigenvalue weighted by molar-refractivity contribution is 0.0180. The number of nitrogens with zero attached hydrogens (tertiary/aromatic N) is 3. The zero-order valence-corrected chi connectivity index (χ0v) is 16.5. The lowest BCUT2D eigenvalue weighted by atomic mass is 10.1. The lowest BCUT2D eigenvalue weighted by Crippen LogP contribution is -2.39. The summed E-state index contributed by atoms with van der Waals surface area (Å²) in [7, 11) is 0. The largest absolute Gasteiger partial charge is 0.506 e. The van der Waals surface area contributed by atoms with E-state index in [1.807, 2.05) is 36.4 Å². The molecule has 152 valence electrons. The topological polar surface area (TPSA) is 94.0 Å². The Morgan fingerprint density at radius 1 is 1.17 bits per heavy atom. The summed E-state index contributed by atoms with van der Waals surface area (Å²) in [5.74, 6) is 1.46. The van der Waals surface area contributed by atoms with Gasteiger partial charge in [-0.15, -0.1) is 0 Å². The van der Waals surface area contributed by atoms with Gasteiger partial charge in [-0.1, -0.05) is 11.3 Å². The molecule has 0 unspecified atom stereocenters. The normalized spacial score (nSPS) is 15.3. The molecule has 0 saturated carbocycles. The van der Waals surface area contributed by atoms with Crippen LogP contribution in [0.25, 0.3) is 10.3 Å². The van der Waals surface area contributed by atoms with Crippen molar-refractivity contribution in [1.29, 1.82) is 0 Å². The SMILES string of the molecule is O=C(O)OC1CCN(CCOc2ccc(Oc3nc4cccnc4s3)cc2)CC1. The summed E-state index contributed by atoms with van der Waals surface area (Å²) in [5.41, 5.74) is 0.825. The summed E-state index contributed by atoms with van der Waals surface area (Å²) in [6.45, 7) is 2.97. The first kappa shape index (κ1) is 19.4. The van der Waals surface area contributed by atoms with Crippen LogP contribution in [0.4, 0.5) is 4.79 Å². The van der Waals surface area contributed by atoms with Crippen LogP contribution in [0.3, 0.4) is 0 Å². The number of ether oxygens (including phenoxy) is 3. The molecule has 3 heterocycles. The molecule has 1 aromatic carbocycles. The Morgan fingerprint density at radius 2 is 1.93 bits per heavy atom. The predicted octanol–water partition coefficient (Wildman–Crippen LogP) is 4.02. The van der Waals surface area contributed by atoms with E-state index >= 15 is 0 Å². The Kier molecular flexibility index (Phi) is 6.06. The van der Waals surface area contributed by atoms with Gasteiger partial charge in [0, 0.05) is 25.8 Å². The summed E-state index contributed by atoms with van der Waals surface area (Å²) >= 11 is 1.41. The fraction of sp³-hybridized carbons (Fsp3) is 0.350. The number of piperidine rings is 1. The quantitative estimate of drug-likeness (QED) is 0.578. The lowest BCUT2D eigenvalue weighted by Gasteiger charge is -2.30. The van der Waals surface area contributed by atoms with E-state index in [0.29, 0.717) is 17.6 Å². The Bertz CT molecular complexity index is 921. The molecule has 1 fully saturated rings. The van der Waals surface area contributed by atoms with Crippen molar-refractivity contribution in [2.75, 3.05) is 26.2 Å². The van der Waals surface area contributed by atoms with E-state index in [9.17, 15) is 4.79 Å². The van der Waals surface area contributed by atoms with Crippen LogP contribution in [0.5, 0.6) is 16.7 Å². The summed E-state index contributed by atoms with van der Waals surface area (Å²) < 4.78 is 16.4. The predicted molar refractivity (Wildman–Crippen MR) is 108 cm³/mol. The minimum atomic E-state index is -1.20. The Morgan fingerprint density at radius 3 is 2.66 bits per heavy atom. The number of aromatic nitrogens is 2. The third-order valence-corrected chi connectivity index (χ3v) is 5.51. The van der Waals surface area contributed by atoms with Crippen molar-refractivity contribution in [2.45, 2.75) is 18.9 Å². The highest BCUT2D eigenvalue weighted by molar-refractivity contribution is 7.19. The molecule has 3 aromatic rings. The van der Waals surface area contributed by atoms with E-state index in [2.05, 4.69) is 14.9 Å². The molecular formula is C20H21N3O5S. The van der Waals surface area contributed by atoms with Gasteiger partial charge in [0.05, 0.1) is 0 Å². The van der Waals surface area contributed by atoms with Gasteiger partial charge in [0.25, 0.3) is 5.19 Å². The van der Waals surface area contributed by atoms with E-state index in [-0.39, 0.29) is 6.10 Å². The summed E-state index contributed by atoms with van der Waals surface area (Å²) in [6, 6.07) is 11.2. The first-order valence-electron chi connectivity index (χ1n) is 9.40. The number of rotatable bonds is 7. The van der Waals surface area contributed by atoms with Gasteiger partial charge in [-0.2, -0.15) is 0 Å². The van der Waals surface area contributed by atoms with Gasteiger partial charge >= 0.3 is 6.16 Å².